The predicted octanol–water partition coefficient (Wildman–Crippen LogP) is 3.49. The van der Waals surface area contributed by atoms with Gasteiger partial charge in [0.1, 0.15) is 5.15 Å². The van der Waals surface area contributed by atoms with Crippen molar-refractivity contribution in [2.24, 2.45) is 5.92 Å². The number of hydrogen-bond donors (Lipinski definition) is 0. The van der Waals surface area contributed by atoms with Crippen molar-refractivity contribution in [2.45, 2.75) is 31.7 Å². The molecule has 2 aliphatic heterocycles. The zero-order chi connectivity index (χ0) is 12.5. The monoisotopic (exact) mass is 262 g/mol. The lowest BCUT2D eigenvalue weighted by Gasteiger charge is -2.46. The van der Waals surface area contributed by atoms with Crippen LogP contribution in [-0.2, 0) is 0 Å². The molecule has 3 heteroatoms. The molecule has 18 heavy (non-hydrogen) atoms. The van der Waals surface area contributed by atoms with Gasteiger partial charge >= 0.3 is 0 Å². The molecule has 3 aliphatic rings. The van der Waals surface area contributed by atoms with Crippen molar-refractivity contribution >= 4 is 11.6 Å². The second-order valence-electron chi connectivity index (χ2n) is 5.39. The molecule has 4 rings (SSSR count). The first-order chi connectivity index (χ1) is 8.78. The number of piperidine rings is 1. The molecule has 3 atom stereocenters. The van der Waals surface area contributed by atoms with E-state index in [1.807, 2.05) is 12.3 Å². The van der Waals surface area contributed by atoms with Gasteiger partial charge in [0.15, 0.2) is 0 Å². The molecule has 1 fully saturated rings. The van der Waals surface area contributed by atoms with E-state index in [1.54, 1.807) is 0 Å². The van der Waals surface area contributed by atoms with Gasteiger partial charge in [-0.1, -0.05) is 36.7 Å². The second kappa shape index (κ2) is 5.02. The first-order valence-corrected chi connectivity index (χ1v) is 7.19. The van der Waals surface area contributed by atoms with Crippen LogP contribution < -0.4 is 0 Å². The van der Waals surface area contributed by atoms with E-state index in [9.17, 15) is 0 Å². The maximum absolute atomic E-state index is 5.87. The number of hydrogen-bond acceptors (Lipinski definition) is 2. The second-order valence-corrected chi connectivity index (χ2v) is 5.77. The summed E-state index contributed by atoms with van der Waals surface area (Å²) in [6.07, 6.45) is 9.22. The Morgan fingerprint density at radius 3 is 2.94 bits per heavy atom. The van der Waals surface area contributed by atoms with Crippen molar-refractivity contribution in [3.63, 3.8) is 0 Å². The average molecular weight is 263 g/mol. The zero-order valence-electron chi connectivity index (χ0n) is 10.7. The lowest BCUT2D eigenvalue weighted by Crippen LogP contribution is -2.49. The van der Waals surface area contributed by atoms with Gasteiger partial charge in [-0.3, -0.25) is 4.90 Å². The Balaban J connectivity index is 1.85. The molecule has 3 heterocycles. The van der Waals surface area contributed by atoms with Gasteiger partial charge < -0.3 is 0 Å². The number of pyridine rings is 1. The average Bonchev–Trinajstić information content (AvgIpc) is 2.40. The minimum absolute atomic E-state index is 0.554. The lowest BCUT2D eigenvalue weighted by atomic mass is 9.74. The van der Waals surface area contributed by atoms with Gasteiger partial charge in [0.25, 0.3) is 0 Å². The van der Waals surface area contributed by atoms with Crippen molar-refractivity contribution in [2.75, 3.05) is 13.1 Å². The molecule has 3 unspecified atom stereocenters. The molecule has 0 N–H and O–H groups in total. The molecule has 0 amide bonds. The summed E-state index contributed by atoms with van der Waals surface area (Å²) >= 11 is 5.87. The minimum atomic E-state index is 0.554. The Morgan fingerprint density at radius 2 is 2.28 bits per heavy atom. The normalized spacial score (nSPS) is 30.9. The third-order valence-electron chi connectivity index (χ3n) is 4.13. The van der Waals surface area contributed by atoms with E-state index in [0.29, 0.717) is 23.0 Å². The topological polar surface area (TPSA) is 16.1 Å². The van der Waals surface area contributed by atoms with Crippen molar-refractivity contribution in [1.82, 2.24) is 9.88 Å². The summed E-state index contributed by atoms with van der Waals surface area (Å²) in [6, 6.07) is 4.60. The summed E-state index contributed by atoms with van der Waals surface area (Å²) in [6.45, 7) is 4.68. The maximum atomic E-state index is 5.87. The molecule has 1 aromatic heterocycles. The Bertz CT molecular complexity index is 440. The van der Waals surface area contributed by atoms with Crippen LogP contribution in [0.5, 0.6) is 0 Å². The van der Waals surface area contributed by atoms with Crippen LogP contribution in [0.2, 0.25) is 5.15 Å². The Hall–Kier alpha value is -0.860. The SMILES string of the molecule is CCCN1CC2C=CC1C(c1ccc(Cl)nc1)C2. The van der Waals surface area contributed by atoms with Crippen LogP contribution in [-0.4, -0.2) is 29.0 Å². The number of nitrogens with zero attached hydrogens (tertiary/aromatic N) is 2. The highest BCUT2D eigenvalue weighted by Crippen LogP contribution is 2.40. The zero-order valence-corrected chi connectivity index (χ0v) is 11.5. The first-order valence-electron chi connectivity index (χ1n) is 6.81. The van der Waals surface area contributed by atoms with E-state index in [1.165, 1.54) is 31.5 Å². The van der Waals surface area contributed by atoms with Crippen LogP contribution in [0.15, 0.2) is 30.5 Å². The smallest absolute Gasteiger partial charge is 0.129 e. The van der Waals surface area contributed by atoms with E-state index >= 15 is 0 Å². The first kappa shape index (κ1) is 12.2. The fourth-order valence-corrected chi connectivity index (χ4v) is 3.46. The van der Waals surface area contributed by atoms with Crippen LogP contribution >= 0.6 is 11.6 Å². The molecule has 0 spiro atoms. The van der Waals surface area contributed by atoms with Crippen molar-refractivity contribution in [3.8, 4) is 0 Å². The van der Waals surface area contributed by atoms with Crippen molar-refractivity contribution < 1.29 is 0 Å². The predicted molar refractivity (Wildman–Crippen MR) is 74.9 cm³/mol. The highest BCUT2D eigenvalue weighted by atomic mass is 35.5. The summed E-state index contributed by atoms with van der Waals surface area (Å²) in [5, 5.41) is 0.584. The molecular weight excluding hydrogens is 244 g/mol. The quantitative estimate of drug-likeness (QED) is 0.612. The van der Waals surface area contributed by atoms with Crippen LogP contribution in [0.3, 0.4) is 0 Å². The molecule has 1 aromatic rings. The van der Waals surface area contributed by atoms with Gasteiger partial charge in [0.05, 0.1) is 0 Å². The third-order valence-corrected chi connectivity index (χ3v) is 4.35. The van der Waals surface area contributed by atoms with Gasteiger partial charge in [-0.2, -0.15) is 0 Å². The van der Waals surface area contributed by atoms with Gasteiger partial charge in [0.2, 0.25) is 0 Å². The van der Waals surface area contributed by atoms with Gasteiger partial charge in [-0.25, -0.2) is 4.98 Å². The van der Waals surface area contributed by atoms with E-state index in [-0.39, 0.29) is 0 Å². The minimum Gasteiger partial charge on any atom is -0.296 e. The highest BCUT2D eigenvalue weighted by Gasteiger charge is 2.37. The molecule has 1 saturated heterocycles. The number of fused-ring (bicyclic) bond motifs is 2. The van der Waals surface area contributed by atoms with Crippen LogP contribution in [0.25, 0.3) is 0 Å². The molecule has 0 aromatic carbocycles. The van der Waals surface area contributed by atoms with E-state index in [4.69, 9.17) is 11.6 Å². The Kier molecular flexibility index (Phi) is 3.40. The Labute approximate surface area is 114 Å². The summed E-state index contributed by atoms with van der Waals surface area (Å²) in [7, 11) is 0. The molecule has 0 saturated carbocycles. The summed E-state index contributed by atoms with van der Waals surface area (Å²) < 4.78 is 0. The molecule has 2 nitrogen and oxygen atoms in total. The molecule has 1 aliphatic carbocycles. The number of rotatable bonds is 3. The van der Waals surface area contributed by atoms with E-state index in [0.717, 1.165) is 0 Å². The fourth-order valence-electron chi connectivity index (χ4n) is 3.35. The van der Waals surface area contributed by atoms with Crippen molar-refractivity contribution in [1.29, 1.82) is 0 Å². The van der Waals surface area contributed by atoms with Crippen molar-refractivity contribution in [3.05, 3.63) is 41.2 Å². The molecular formula is C15H19ClN2. The molecule has 96 valence electrons. The maximum Gasteiger partial charge on any atom is 0.129 e. The highest BCUT2D eigenvalue weighted by molar-refractivity contribution is 6.29. The van der Waals surface area contributed by atoms with Crippen LogP contribution in [0, 0.1) is 5.92 Å². The third kappa shape index (κ3) is 2.19. The van der Waals surface area contributed by atoms with Gasteiger partial charge in [-0.15, -0.1) is 0 Å². The summed E-state index contributed by atoms with van der Waals surface area (Å²) in [5.74, 6) is 1.30. The number of aromatic nitrogens is 1. The number of halogens is 1. The summed E-state index contributed by atoms with van der Waals surface area (Å²) in [5.41, 5.74) is 1.33. The molecule has 2 bridgehead atoms. The standard InChI is InChI=1S/C15H19ClN2/c1-2-7-18-10-11-3-5-14(18)13(8-11)12-4-6-15(16)17-9-12/h3-6,9,11,13-14H,2,7-8,10H2,1H3. The van der Waals surface area contributed by atoms with Gasteiger partial charge in [-0.05, 0) is 36.9 Å². The fraction of sp³-hybridized carbons (Fsp3) is 0.533. The van der Waals surface area contributed by atoms with E-state index < -0.39 is 0 Å². The summed E-state index contributed by atoms with van der Waals surface area (Å²) in [4.78, 5) is 6.85. The lowest BCUT2D eigenvalue weighted by molar-refractivity contribution is 0.116. The van der Waals surface area contributed by atoms with Crippen LogP contribution in [0.4, 0.5) is 0 Å². The Morgan fingerprint density at radius 1 is 1.39 bits per heavy atom. The molecule has 0 radical (unpaired) electrons. The largest absolute Gasteiger partial charge is 0.296 e. The van der Waals surface area contributed by atoms with Gasteiger partial charge in [0, 0.05) is 24.7 Å². The van der Waals surface area contributed by atoms with E-state index in [2.05, 4.69) is 35.0 Å². The van der Waals surface area contributed by atoms with Crippen LogP contribution in [0.1, 0.15) is 31.2 Å².